The van der Waals surface area contributed by atoms with Gasteiger partial charge in [0.25, 0.3) is 0 Å². The maximum Gasteiger partial charge on any atom is 0.153 e. The van der Waals surface area contributed by atoms with Gasteiger partial charge in [0, 0.05) is 56.1 Å². The van der Waals surface area contributed by atoms with Crippen molar-refractivity contribution < 1.29 is 8.83 Å². The molecule has 0 atom stereocenters. The zero-order chi connectivity index (χ0) is 36.4. The minimum absolute atomic E-state index is 0.801. The molecular formula is C48H32N4O2Si. The molecule has 0 unspecified atom stereocenters. The van der Waals surface area contributed by atoms with E-state index in [1.54, 1.807) is 0 Å². The van der Waals surface area contributed by atoms with Gasteiger partial charge in [-0.05, 0) is 95.3 Å². The van der Waals surface area contributed by atoms with Crippen LogP contribution in [0.5, 0.6) is 0 Å². The van der Waals surface area contributed by atoms with Crippen LogP contribution in [-0.2, 0) is 0 Å². The van der Waals surface area contributed by atoms with Crippen LogP contribution in [0.3, 0.4) is 0 Å². The molecule has 0 aliphatic rings. The van der Waals surface area contributed by atoms with Gasteiger partial charge in [-0.15, -0.1) is 0 Å². The van der Waals surface area contributed by atoms with Crippen LogP contribution in [0.15, 0.2) is 167 Å². The largest absolute Gasteiger partial charge is 0.454 e. The van der Waals surface area contributed by atoms with Crippen LogP contribution in [0, 0.1) is 0 Å². The minimum atomic E-state index is -2.41. The van der Waals surface area contributed by atoms with Gasteiger partial charge in [-0.3, -0.25) is 9.97 Å². The Labute approximate surface area is 315 Å². The van der Waals surface area contributed by atoms with Crippen molar-refractivity contribution in [3.05, 3.63) is 158 Å². The summed E-state index contributed by atoms with van der Waals surface area (Å²) >= 11 is 0. The number of hydrogen-bond acceptors (Lipinski definition) is 4. The van der Waals surface area contributed by atoms with Crippen molar-refractivity contribution in [3.8, 4) is 11.4 Å². The van der Waals surface area contributed by atoms with E-state index in [1.807, 2.05) is 36.7 Å². The van der Waals surface area contributed by atoms with Gasteiger partial charge in [0.15, 0.2) is 11.2 Å². The average molecular weight is 725 g/mol. The Morgan fingerprint density at radius 3 is 1.36 bits per heavy atom. The van der Waals surface area contributed by atoms with Crippen molar-refractivity contribution >= 4 is 106 Å². The van der Waals surface area contributed by atoms with Gasteiger partial charge in [0.1, 0.15) is 30.3 Å². The molecule has 0 spiro atoms. The zero-order valence-corrected chi connectivity index (χ0v) is 31.1. The third-order valence-corrected chi connectivity index (χ3v) is 15.2. The second-order valence-electron chi connectivity index (χ2n) is 15.0. The number of furan rings is 2. The molecule has 12 rings (SSSR count). The first-order chi connectivity index (χ1) is 27.0. The van der Waals surface area contributed by atoms with Crippen molar-refractivity contribution in [1.29, 1.82) is 0 Å². The molecule has 55 heavy (non-hydrogen) atoms. The Balaban J connectivity index is 1.10. The molecule has 6 nitrogen and oxygen atoms in total. The van der Waals surface area contributed by atoms with Crippen LogP contribution >= 0.6 is 0 Å². The van der Waals surface area contributed by atoms with Crippen LogP contribution in [0.25, 0.3) is 99.1 Å². The molecule has 6 aromatic heterocycles. The predicted octanol–water partition coefficient (Wildman–Crippen LogP) is 11.3. The summed E-state index contributed by atoms with van der Waals surface area (Å²) in [5.74, 6) is 0. The summed E-state index contributed by atoms with van der Waals surface area (Å²) < 4.78 is 17.2. The van der Waals surface area contributed by atoms with E-state index in [-0.39, 0.29) is 0 Å². The lowest BCUT2D eigenvalue weighted by atomic mass is 10.1. The number of hydrogen-bond donors (Lipinski definition) is 0. The van der Waals surface area contributed by atoms with E-state index in [0.29, 0.717) is 0 Å². The molecule has 260 valence electrons. The lowest BCUT2D eigenvalue weighted by Crippen LogP contribution is -2.53. The molecule has 0 N–H and O–H groups in total. The van der Waals surface area contributed by atoms with Crippen molar-refractivity contribution in [2.24, 2.45) is 0 Å². The monoisotopic (exact) mass is 724 g/mol. The van der Waals surface area contributed by atoms with Crippen molar-refractivity contribution in [2.45, 2.75) is 13.1 Å². The number of benzene rings is 6. The van der Waals surface area contributed by atoms with Gasteiger partial charge in [-0.2, -0.15) is 0 Å². The Hall–Kier alpha value is -6.96. The molecule has 0 radical (unpaired) electrons. The lowest BCUT2D eigenvalue weighted by molar-refractivity contribution is 0.667. The fourth-order valence-corrected chi connectivity index (χ4v) is 12.3. The Kier molecular flexibility index (Phi) is 6.12. The van der Waals surface area contributed by atoms with Crippen molar-refractivity contribution in [3.63, 3.8) is 0 Å². The van der Waals surface area contributed by atoms with Gasteiger partial charge in [0.05, 0.1) is 22.1 Å². The summed E-state index contributed by atoms with van der Waals surface area (Å²) in [5.41, 5.74) is 12.0. The van der Waals surface area contributed by atoms with E-state index in [4.69, 9.17) is 8.83 Å². The number of rotatable bonds is 4. The average Bonchev–Trinajstić information content (AvgIpc) is 3.98. The fourth-order valence-electron chi connectivity index (χ4n) is 9.23. The maximum absolute atomic E-state index is 6.17. The smallest absolute Gasteiger partial charge is 0.153 e. The highest BCUT2D eigenvalue weighted by Crippen LogP contribution is 2.38. The number of aromatic nitrogens is 4. The highest BCUT2D eigenvalue weighted by Gasteiger charge is 2.33. The van der Waals surface area contributed by atoms with Crippen LogP contribution in [0.2, 0.25) is 13.1 Å². The molecule has 12 aromatic rings. The first-order valence-electron chi connectivity index (χ1n) is 18.7. The second kappa shape index (κ2) is 11.0. The van der Waals surface area contributed by atoms with Gasteiger partial charge in [0.2, 0.25) is 0 Å². The lowest BCUT2D eigenvalue weighted by Gasteiger charge is -2.26. The van der Waals surface area contributed by atoms with Gasteiger partial charge >= 0.3 is 0 Å². The molecule has 0 aliphatic carbocycles. The molecule has 6 aromatic carbocycles. The summed E-state index contributed by atoms with van der Waals surface area (Å²) in [7, 11) is -2.41. The molecule has 0 aliphatic heterocycles. The van der Waals surface area contributed by atoms with Crippen LogP contribution < -0.4 is 10.4 Å². The first-order valence-corrected chi connectivity index (χ1v) is 21.7. The summed E-state index contributed by atoms with van der Waals surface area (Å²) in [6, 6.07) is 52.2. The van der Waals surface area contributed by atoms with E-state index < -0.39 is 8.07 Å². The molecule has 0 saturated carbocycles. The number of fused-ring (bicyclic) bond motifs is 12. The van der Waals surface area contributed by atoms with E-state index >= 15 is 0 Å². The zero-order valence-electron chi connectivity index (χ0n) is 30.1. The highest BCUT2D eigenvalue weighted by molar-refractivity contribution is 7.03. The number of para-hydroxylation sites is 2. The molecule has 0 saturated heterocycles. The summed E-state index contributed by atoms with van der Waals surface area (Å²) in [4.78, 5) is 9.36. The molecule has 7 heteroatoms. The minimum Gasteiger partial charge on any atom is -0.454 e. The Morgan fingerprint density at radius 2 is 0.873 bits per heavy atom. The third kappa shape index (κ3) is 4.18. The van der Waals surface area contributed by atoms with Crippen LogP contribution in [0.4, 0.5) is 0 Å². The Bertz CT molecular complexity index is 3310. The molecule has 0 fully saturated rings. The van der Waals surface area contributed by atoms with E-state index in [9.17, 15) is 0 Å². The Morgan fingerprint density at radius 1 is 0.418 bits per heavy atom. The van der Waals surface area contributed by atoms with Crippen LogP contribution in [-0.4, -0.2) is 27.2 Å². The highest BCUT2D eigenvalue weighted by atomic mass is 28.3. The maximum atomic E-state index is 6.17. The standard InChI is InChI=1S/C48H32N4O2Si/c1-55(2,43-19-7-15-37-45(43)31-11-3-5-13-35(31)51(37)29-21-23-39-33(27-29)47-41(53-39)17-9-25-49-47)44-20-8-16-38-46(44)32-12-4-6-14-36(32)52(38)30-22-24-40-34(28-30)48-42(54-40)18-10-26-50-48/h3-28H,1-2H3. The summed E-state index contributed by atoms with van der Waals surface area (Å²) in [6.45, 7) is 5.03. The SMILES string of the molecule is C[Si](C)(c1cccc2c1c1ccccc1n2-c1ccc2oc3cccnc3c2c1)c1cccc2c1c1ccccc1n2-c1ccc2oc3cccnc3c2c1. The van der Waals surface area contributed by atoms with E-state index in [0.717, 1.165) is 55.5 Å². The third-order valence-electron chi connectivity index (χ3n) is 11.7. The van der Waals surface area contributed by atoms with Crippen LogP contribution in [0.1, 0.15) is 0 Å². The number of pyridine rings is 2. The normalized spacial score (nSPS) is 12.5. The predicted molar refractivity (Wildman–Crippen MR) is 228 cm³/mol. The van der Waals surface area contributed by atoms with E-state index in [2.05, 4.69) is 154 Å². The van der Waals surface area contributed by atoms with Gasteiger partial charge in [-0.1, -0.05) is 73.8 Å². The molecule has 0 bridgehead atoms. The molecular weight excluding hydrogens is 693 g/mol. The van der Waals surface area contributed by atoms with Gasteiger partial charge < -0.3 is 18.0 Å². The van der Waals surface area contributed by atoms with Crippen molar-refractivity contribution in [2.75, 3.05) is 0 Å². The second-order valence-corrected chi connectivity index (χ2v) is 19.3. The summed E-state index contributed by atoms with van der Waals surface area (Å²) in [5, 5.41) is 10.0. The quantitative estimate of drug-likeness (QED) is 0.170. The molecule has 6 heterocycles. The first kappa shape index (κ1) is 30.5. The molecule has 0 amide bonds. The summed E-state index contributed by atoms with van der Waals surface area (Å²) in [6.07, 6.45) is 3.66. The fraction of sp³-hybridized carbons (Fsp3) is 0.0417. The van der Waals surface area contributed by atoms with E-state index in [1.165, 1.54) is 54.0 Å². The van der Waals surface area contributed by atoms with Crippen molar-refractivity contribution in [1.82, 2.24) is 19.1 Å². The van der Waals surface area contributed by atoms with Gasteiger partial charge in [-0.25, -0.2) is 0 Å². The number of nitrogens with zero attached hydrogens (tertiary/aromatic N) is 4. The topological polar surface area (TPSA) is 61.9 Å².